The van der Waals surface area contributed by atoms with E-state index in [0.29, 0.717) is 23.4 Å². The lowest BCUT2D eigenvalue weighted by atomic mass is 9.78. The van der Waals surface area contributed by atoms with Gasteiger partial charge in [-0.2, -0.15) is 0 Å². The van der Waals surface area contributed by atoms with Crippen LogP contribution in [0.3, 0.4) is 0 Å². The Balaban J connectivity index is 2.02. The van der Waals surface area contributed by atoms with Crippen molar-refractivity contribution in [3.8, 4) is 0 Å². The van der Waals surface area contributed by atoms with Crippen LogP contribution in [0, 0.1) is 11.8 Å². The van der Waals surface area contributed by atoms with Crippen LogP contribution in [0.4, 0.5) is 0 Å². The minimum atomic E-state index is -0.930. The molecule has 3 atom stereocenters. The smallest absolute Gasteiger partial charge is 0.335 e. The fraction of sp³-hybridized carbons (Fsp3) is 0.533. The van der Waals surface area contributed by atoms with Gasteiger partial charge in [0.2, 0.25) is 0 Å². The third kappa shape index (κ3) is 2.07. The number of fused-ring (bicyclic) bond motifs is 1. The summed E-state index contributed by atoms with van der Waals surface area (Å²) in [6.07, 6.45) is 3.60. The Hall–Kier alpha value is -1.91. The van der Waals surface area contributed by atoms with Gasteiger partial charge in [-0.25, -0.2) is 9.48 Å². The lowest BCUT2D eigenvalue weighted by Crippen LogP contribution is -2.27. The number of carbonyl (C=O) groups is 1. The van der Waals surface area contributed by atoms with Gasteiger partial charge in [-0.15, -0.1) is 5.10 Å². The summed E-state index contributed by atoms with van der Waals surface area (Å²) in [5.41, 5.74) is 1.85. The van der Waals surface area contributed by atoms with Gasteiger partial charge in [-0.1, -0.05) is 31.9 Å². The highest BCUT2D eigenvalue weighted by atomic mass is 16.4. The van der Waals surface area contributed by atoms with Crippen molar-refractivity contribution in [2.24, 2.45) is 11.8 Å². The molecule has 1 aliphatic carbocycles. The van der Waals surface area contributed by atoms with Gasteiger partial charge in [-0.3, -0.25) is 0 Å². The van der Waals surface area contributed by atoms with Gasteiger partial charge >= 0.3 is 5.97 Å². The standard InChI is InChI=1S/C15H19N3O2/c1-9-4-3-5-13(10(9)2)18-14-7-6-11(15(19)20)8-12(14)16-17-18/h6-10,13H,3-5H2,1-2H3,(H,19,20). The van der Waals surface area contributed by atoms with Crippen molar-refractivity contribution < 1.29 is 9.90 Å². The largest absolute Gasteiger partial charge is 0.478 e. The number of carboxylic acids is 1. The lowest BCUT2D eigenvalue weighted by Gasteiger charge is -2.34. The summed E-state index contributed by atoms with van der Waals surface area (Å²) in [6, 6.07) is 5.41. The second-order valence-corrected chi connectivity index (χ2v) is 5.88. The summed E-state index contributed by atoms with van der Waals surface area (Å²) in [4.78, 5) is 11.0. The minimum Gasteiger partial charge on any atom is -0.478 e. The first-order valence-electron chi connectivity index (χ1n) is 7.16. The molecule has 1 fully saturated rings. The summed E-state index contributed by atoms with van der Waals surface area (Å²) in [5.74, 6) is 0.320. The molecule has 3 rings (SSSR count). The van der Waals surface area contributed by atoms with Crippen LogP contribution >= 0.6 is 0 Å². The number of carboxylic acid groups (broad SMARTS) is 1. The molecule has 1 aliphatic rings. The molecule has 0 radical (unpaired) electrons. The Bertz CT molecular complexity index is 650. The molecule has 106 valence electrons. The van der Waals surface area contributed by atoms with Gasteiger partial charge < -0.3 is 5.11 Å². The normalized spacial score (nSPS) is 26.8. The molecular formula is C15H19N3O2. The van der Waals surface area contributed by atoms with Crippen molar-refractivity contribution in [3.63, 3.8) is 0 Å². The van der Waals surface area contributed by atoms with E-state index in [4.69, 9.17) is 5.11 Å². The van der Waals surface area contributed by atoms with Crippen molar-refractivity contribution in [1.29, 1.82) is 0 Å². The number of rotatable bonds is 2. The molecule has 1 aromatic heterocycles. The summed E-state index contributed by atoms with van der Waals surface area (Å²) < 4.78 is 1.99. The molecule has 1 saturated carbocycles. The average molecular weight is 273 g/mol. The molecule has 0 saturated heterocycles. The Labute approximate surface area is 117 Å². The highest BCUT2D eigenvalue weighted by molar-refractivity contribution is 5.92. The van der Waals surface area contributed by atoms with Gasteiger partial charge in [0.1, 0.15) is 5.52 Å². The first-order chi connectivity index (χ1) is 9.58. The van der Waals surface area contributed by atoms with Crippen LogP contribution < -0.4 is 0 Å². The summed E-state index contributed by atoms with van der Waals surface area (Å²) in [7, 11) is 0. The van der Waals surface area contributed by atoms with E-state index < -0.39 is 5.97 Å². The number of aromatic carboxylic acids is 1. The maximum Gasteiger partial charge on any atom is 0.335 e. The molecule has 5 heteroatoms. The quantitative estimate of drug-likeness (QED) is 0.912. The zero-order chi connectivity index (χ0) is 14.3. The van der Waals surface area contributed by atoms with E-state index in [1.54, 1.807) is 12.1 Å². The maximum absolute atomic E-state index is 11.0. The molecule has 1 N–H and O–H groups in total. The van der Waals surface area contributed by atoms with Crippen molar-refractivity contribution >= 4 is 17.0 Å². The highest BCUT2D eigenvalue weighted by Gasteiger charge is 2.30. The molecule has 2 aromatic rings. The van der Waals surface area contributed by atoms with E-state index in [9.17, 15) is 4.79 Å². The summed E-state index contributed by atoms with van der Waals surface area (Å²) >= 11 is 0. The highest BCUT2D eigenvalue weighted by Crippen LogP contribution is 2.38. The van der Waals surface area contributed by atoms with E-state index >= 15 is 0 Å². The van der Waals surface area contributed by atoms with Crippen molar-refractivity contribution in [2.75, 3.05) is 0 Å². The molecule has 1 aromatic carbocycles. The third-order valence-corrected chi connectivity index (χ3v) is 4.70. The van der Waals surface area contributed by atoms with Crippen LogP contribution in [0.5, 0.6) is 0 Å². The molecule has 5 nitrogen and oxygen atoms in total. The number of hydrogen-bond donors (Lipinski definition) is 1. The van der Waals surface area contributed by atoms with Crippen LogP contribution in [-0.2, 0) is 0 Å². The molecule has 1 heterocycles. The fourth-order valence-electron chi connectivity index (χ4n) is 3.22. The second-order valence-electron chi connectivity index (χ2n) is 5.88. The lowest BCUT2D eigenvalue weighted by molar-refractivity contribution is 0.0697. The zero-order valence-electron chi connectivity index (χ0n) is 11.8. The van der Waals surface area contributed by atoms with Crippen LogP contribution in [-0.4, -0.2) is 26.1 Å². The SMILES string of the molecule is CC1CCCC(n2nnc3cc(C(=O)O)ccc32)C1C. The van der Waals surface area contributed by atoms with Gasteiger partial charge in [0.05, 0.1) is 17.1 Å². The molecule has 3 unspecified atom stereocenters. The Morgan fingerprint density at radius 1 is 1.35 bits per heavy atom. The Morgan fingerprint density at radius 2 is 2.15 bits per heavy atom. The molecule has 0 spiro atoms. The predicted molar refractivity (Wildman–Crippen MR) is 75.7 cm³/mol. The van der Waals surface area contributed by atoms with Crippen LogP contribution in [0.1, 0.15) is 49.5 Å². The molecule has 0 bridgehead atoms. The maximum atomic E-state index is 11.0. The van der Waals surface area contributed by atoms with E-state index in [-0.39, 0.29) is 5.56 Å². The Morgan fingerprint density at radius 3 is 2.90 bits per heavy atom. The predicted octanol–water partition coefficient (Wildman–Crippen LogP) is 3.13. The van der Waals surface area contributed by atoms with Crippen molar-refractivity contribution in [1.82, 2.24) is 15.0 Å². The first-order valence-corrected chi connectivity index (χ1v) is 7.16. The topological polar surface area (TPSA) is 68.0 Å². The monoisotopic (exact) mass is 273 g/mol. The average Bonchev–Trinajstić information content (AvgIpc) is 2.84. The molecular weight excluding hydrogens is 254 g/mol. The Kier molecular flexibility index (Phi) is 3.20. The van der Waals surface area contributed by atoms with Crippen molar-refractivity contribution in [3.05, 3.63) is 23.8 Å². The number of aromatic nitrogens is 3. The summed E-state index contributed by atoms with van der Waals surface area (Å²) in [5, 5.41) is 17.4. The van der Waals surface area contributed by atoms with Crippen LogP contribution in [0.25, 0.3) is 11.0 Å². The van der Waals surface area contributed by atoms with E-state index in [1.807, 2.05) is 10.7 Å². The first kappa shape index (κ1) is 13.1. The number of benzene rings is 1. The van der Waals surface area contributed by atoms with Gasteiger partial charge in [0.25, 0.3) is 0 Å². The summed E-state index contributed by atoms with van der Waals surface area (Å²) in [6.45, 7) is 4.56. The zero-order valence-corrected chi connectivity index (χ0v) is 11.8. The van der Waals surface area contributed by atoms with Gasteiger partial charge in [0.15, 0.2) is 0 Å². The van der Waals surface area contributed by atoms with Crippen LogP contribution in [0.2, 0.25) is 0 Å². The molecule has 0 aliphatic heterocycles. The van der Waals surface area contributed by atoms with Crippen LogP contribution in [0.15, 0.2) is 18.2 Å². The van der Waals surface area contributed by atoms with Crippen molar-refractivity contribution in [2.45, 2.75) is 39.2 Å². The fourth-order valence-corrected chi connectivity index (χ4v) is 3.22. The number of nitrogens with zero attached hydrogens (tertiary/aromatic N) is 3. The second kappa shape index (κ2) is 4.89. The van der Waals surface area contributed by atoms with E-state index in [2.05, 4.69) is 24.2 Å². The third-order valence-electron chi connectivity index (χ3n) is 4.70. The number of hydrogen-bond acceptors (Lipinski definition) is 3. The van der Waals surface area contributed by atoms with Gasteiger partial charge in [-0.05, 0) is 36.5 Å². The van der Waals surface area contributed by atoms with Gasteiger partial charge in [0, 0.05) is 0 Å². The minimum absolute atomic E-state index is 0.259. The molecule has 0 amide bonds. The van der Waals surface area contributed by atoms with E-state index in [1.165, 1.54) is 12.8 Å². The van der Waals surface area contributed by atoms with E-state index in [0.717, 1.165) is 11.9 Å². The molecule has 20 heavy (non-hydrogen) atoms.